The minimum Gasteiger partial charge on any atom is -0.352 e. The van der Waals surface area contributed by atoms with Crippen molar-refractivity contribution in [2.75, 3.05) is 13.6 Å². The fraction of sp³-hybridized carbons (Fsp3) is 0.355. The number of benzene rings is 3. The first-order valence-corrected chi connectivity index (χ1v) is 15.7. The van der Waals surface area contributed by atoms with Crippen LogP contribution in [0.25, 0.3) is 0 Å². The van der Waals surface area contributed by atoms with Crippen molar-refractivity contribution in [1.29, 1.82) is 0 Å². The van der Waals surface area contributed by atoms with Crippen LogP contribution in [-0.4, -0.2) is 55.1 Å². The van der Waals surface area contributed by atoms with Crippen molar-refractivity contribution in [3.63, 3.8) is 0 Å². The molecule has 0 aromatic heterocycles. The molecule has 2 amide bonds. The van der Waals surface area contributed by atoms with E-state index in [1.54, 1.807) is 35.2 Å². The summed E-state index contributed by atoms with van der Waals surface area (Å²) < 4.78 is 28.0. The molecular weight excluding hydrogens is 590 g/mol. The van der Waals surface area contributed by atoms with Crippen molar-refractivity contribution in [2.45, 2.75) is 63.1 Å². The minimum atomic E-state index is -3.66. The van der Waals surface area contributed by atoms with Gasteiger partial charge in [-0.05, 0) is 55.2 Å². The number of nitrogens with one attached hydrogen (secondary N) is 1. The van der Waals surface area contributed by atoms with Crippen molar-refractivity contribution >= 4 is 37.8 Å². The first kappa shape index (κ1) is 31.5. The topological polar surface area (TPSA) is 86.8 Å². The molecule has 3 aromatic rings. The SMILES string of the molecule is CC[C@H](C)NC(=O)[C@@H](Cc1ccccc1)N(Cc1cccc(Br)c1)C(=O)CCCN(C)S(=O)(=O)c1ccccc1. The maximum atomic E-state index is 13.8. The Hall–Kier alpha value is -3.01. The summed E-state index contributed by atoms with van der Waals surface area (Å²) in [7, 11) is -2.14. The molecule has 9 heteroatoms. The lowest BCUT2D eigenvalue weighted by Gasteiger charge is -2.32. The van der Waals surface area contributed by atoms with Gasteiger partial charge in [0, 0.05) is 43.5 Å². The van der Waals surface area contributed by atoms with E-state index in [0.717, 1.165) is 22.0 Å². The van der Waals surface area contributed by atoms with Gasteiger partial charge in [-0.15, -0.1) is 0 Å². The lowest BCUT2D eigenvalue weighted by molar-refractivity contribution is -0.141. The molecule has 0 fully saturated rings. The van der Waals surface area contributed by atoms with Crippen molar-refractivity contribution in [3.8, 4) is 0 Å². The van der Waals surface area contributed by atoms with Crippen LogP contribution in [0.4, 0.5) is 0 Å². The zero-order valence-electron chi connectivity index (χ0n) is 23.3. The second-order valence-corrected chi connectivity index (χ2v) is 12.9. The number of halogens is 1. The summed E-state index contributed by atoms with van der Waals surface area (Å²) in [5, 5.41) is 3.07. The Balaban J connectivity index is 1.83. The molecule has 3 aromatic carbocycles. The Morgan fingerprint density at radius 2 is 1.55 bits per heavy atom. The quantitative estimate of drug-likeness (QED) is 0.259. The van der Waals surface area contributed by atoms with Crippen molar-refractivity contribution in [2.24, 2.45) is 0 Å². The fourth-order valence-electron chi connectivity index (χ4n) is 4.32. The van der Waals surface area contributed by atoms with Crippen LogP contribution in [0.15, 0.2) is 94.3 Å². The number of hydrogen-bond donors (Lipinski definition) is 1. The third kappa shape index (κ3) is 9.01. The molecule has 40 heavy (non-hydrogen) atoms. The average molecular weight is 629 g/mol. The number of carbonyl (C=O) groups excluding carboxylic acids is 2. The summed E-state index contributed by atoms with van der Waals surface area (Å²) in [6, 6.07) is 24.8. The summed E-state index contributed by atoms with van der Waals surface area (Å²) in [6.45, 7) is 4.38. The van der Waals surface area contributed by atoms with Gasteiger partial charge in [0.2, 0.25) is 21.8 Å². The van der Waals surface area contributed by atoms with Crippen LogP contribution in [0.2, 0.25) is 0 Å². The molecule has 2 atom stereocenters. The van der Waals surface area contributed by atoms with Gasteiger partial charge in [0.25, 0.3) is 0 Å². The van der Waals surface area contributed by atoms with Crippen LogP contribution >= 0.6 is 15.9 Å². The number of carbonyl (C=O) groups is 2. The number of hydrogen-bond acceptors (Lipinski definition) is 4. The van der Waals surface area contributed by atoms with E-state index in [0.29, 0.717) is 12.8 Å². The Bertz CT molecular complexity index is 1350. The largest absolute Gasteiger partial charge is 0.352 e. The lowest BCUT2D eigenvalue weighted by atomic mass is 10.0. The fourth-order valence-corrected chi connectivity index (χ4v) is 5.99. The van der Waals surface area contributed by atoms with Gasteiger partial charge in [-0.25, -0.2) is 12.7 Å². The first-order chi connectivity index (χ1) is 19.1. The molecular formula is C31H38BrN3O4S. The normalized spacial score (nSPS) is 13.0. The standard InChI is InChI=1S/C31H38BrN3O4S/c1-4-24(2)33-31(37)29(22-25-13-7-5-8-14-25)35(23-26-15-11-16-27(32)21-26)30(36)19-12-20-34(3)40(38,39)28-17-9-6-10-18-28/h5-11,13-18,21,24,29H,4,12,19-20,22-23H2,1-3H3,(H,33,37)/t24-,29+/m0/s1. The average Bonchev–Trinajstić information content (AvgIpc) is 2.95. The summed E-state index contributed by atoms with van der Waals surface area (Å²) in [6.07, 6.45) is 1.56. The first-order valence-electron chi connectivity index (χ1n) is 13.5. The van der Waals surface area contributed by atoms with Gasteiger partial charge < -0.3 is 10.2 Å². The molecule has 7 nitrogen and oxygen atoms in total. The predicted octanol–water partition coefficient (Wildman–Crippen LogP) is 5.40. The van der Waals surface area contributed by atoms with Crippen LogP contribution in [-0.2, 0) is 32.6 Å². The van der Waals surface area contributed by atoms with Gasteiger partial charge in [-0.3, -0.25) is 9.59 Å². The van der Waals surface area contributed by atoms with E-state index >= 15 is 0 Å². The van der Waals surface area contributed by atoms with Crippen LogP contribution in [0.5, 0.6) is 0 Å². The summed E-state index contributed by atoms with van der Waals surface area (Å²) >= 11 is 3.50. The number of rotatable bonds is 14. The van der Waals surface area contributed by atoms with Gasteiger partial charge in [0.15, 0.2) is 0 Å². The van der Waals surface area contributed by atoms with E-state index in [1.807, 2.05) is 68.4 Å². The van der Waals surface area contributed by atoms with Gasteiger partial charge >= 0.3 is 0 Å². The molecule has 3 rings (SSSR count). The summed E-state index contributed by atoms with van der Waals surface area (Å²) in [5.74, 6) is -0.406. The Kier molecular flexibility index (Phi) is 11.9. The highest BCUT2D eigenvalue weighted by atomic mass is 79.9. The Morgan fingerprint density at radius 3 is 2.17 bits per heavy atom. The molecule has 0 bridgehead atoms. The van der Waals surface area contributed by atoms with Crippen molar-refractivity contribution in [3.05, 3.63) is 101 Å². The molecule has 0 aliphatic carbocycles. The van der Waals surface area contributed by atoms with Gasteiger partial charge in [-0.2, -0.15) is 0 Å². The summed E-state index contributed by atoms with van der Waals surface area (Å²) in [4.78, 5) is 29.2. The van der Waals surface area contributed by atoms with Gasteiger partial charge in [0.05, 0.1) is 4.90 Å². The van der Waals surface area contributed by atoms with E-state index in [9.17, 15) is 18.0 Å². The van der Waals surface area contributed by atoms with E-state index in [4.69, 9.17) is 0 Å². The van der Waals surface area contributed by atoms with Gasteiger partial charge in [0.1, 0.15) is 6.04 Å². The molecule has 0 heterocycles. The van der Waals surface area contributed by atoms with Crippen LogP contribution < -0.4 is 5.32 Å². The number of amides is 2. The van der Waals surface area contributed by atoms with E-state index in [-0.39, 0.29) is 42.3 Å². The Morgan fingerprint density at radius 1 is 0.925 bits per heavy atom. The predicted molar refractivity (Wildman–Crippen MR) is 162 cm³/mol. The zero-order valence-corrected chi connectivity index (χ0v) is 25.7. The molecule has 0 radical (unpaired) electrons. The second-order valence-electron chi connectivity index (χ2n) is 9.92. The summed E-state index contributed by atoms with van der Waals surface area (Å²) in [5.41, 5.74) is 1.84. The van der Waals surface area contributed by atoms with Gasteiger partial charge in [-0.1, -0.05) is 83.5 Å². The van der Waals surface area contributed by atoms with E-state index in [2.05, 4.69) is 21.2 Å². The van der Waals surface area contributed by atoms with Crippen molar-refractivity contribution < 1.29 is 18.0 Å². The smallest absolute Gasteiger partial charge is 0.243 e. The maximum Gasteiger partial charge on any atom is 0.243 e. The monoisotopic (exact) mass is 627 g/mol. The van der Waals surface area contributed by atoms with E-state index < -0.39 is 16.1 Å². The maximum absolute atomic E-state index is 13.8. The molecule has 0 spiro atoms. The highest BCUT2D eigenvalue weighted by Gasteiger charge is 2.31. The lowest BCUT2D eigenvalue weighted by Crippen LogP contribution is -2.52. The van der Waals surface area contributed by atoms with Crippen LogP contribution in [0.1, 0.15) is 44.2 Å². The molecule has 1 N–H and O–H groups in total. The number of sulfonamides is 1. The molecule has 0 saturated heterocycles. The molecule has 0 unspecified atom stereocenters. The zero-order chi connectivity index (χ0) is 29.1. The van der Waals surface area contributed by atoms with Crippen LogP contribution in [0, 0.1) is 0 Å². The highest BCUT2D eigenvalue weighted by Crippen LogP contribution is 2.20. The third-order valence-corrected chi connectivity index (χ3v) is 9.19. The molecule has 0 aliphatic heterocycles. The highest BCUT2D eigenvalue weighted by molar-refractivity contribution is 9.10. The van der Waals surface area contributed by atoms with Crippen molar-refractivity contribution in [1.82, 2.24) is 14.5 Å². The number of nitrogens with zero attached hydrogens (tertiary/aromatic N) is 2. The Labute approximate surface area is 246 Å². The van der Waals surface area contributed by atoms with E-state index in [1.165, 1.54) is 11.4 Å². The molecule has 0 saturated carbocycles. The molecule has 0 aliphatic rings. The van der Waals surface area contributed by atoms with Crippen LogP contribution in [0.3, 0.4) is 0 Å². The minimum absolute atomic E-state index is 0.0366. The second kappa shape index (κ2) is 15.1. The molecule has 214 valence electrons. The third-order valence-electron chi connectivity index (χ3n) is 6.83.